The molecule has 0 radical (unpaired) electrons. The van der Waals surface area contributed by atoms with Crippen molar-refractivity contribution in [3.63, 3.8) is 0 Å². The van der Waals surface area contributed by atoms with Crippen molar-refractivity contribution in [1.29, 1.82) is 0 Å². The summed E-state index contributed by atoms with van der Waals surface area (Å²) in [6.07, 6.45) is 6.84. The lowest BCUT2D eigenvalue weighted by atomic mass is 9.82. The molecule has 4 heteroatoms. The maximum atomic E-state index is 5.24. The summed E-state index contributed by atoms with van der Waals surface area (Å²) in [5, 5.41) is 7.73. The van der Waals surface area contributed by atoms with Crippen LogP contribution >= 0.6 is 0 Å². The van der Waals surface area contributed by atoms with Crippen molar-refractivity contribution in [2.45, 2.75) is 65.0 Å². The fourth-order valence-electron chi connectivity index (χ4n) is 3.55. The summed E-state index contributed by atoms with van der Waals surface area (Å²) in [4.78, 5) is 4.62. The Kier molecular flexibility index (Phi) is 4.57. The minimum Gasteiger partial charge on any atom is -0.361 e. The lowest BCUT2D eigenvalue weighted by molar-refractivity contribution is 0.333. The van der Waals surface area contributed by atoms with Crippen molar-refractivity contribution in [1.82, 2.24) is 15.5 Å². The molecular weight excluding hydrogens is 274 g/mol. The van der Waals surface area contributed by atoms with E-state index in [-0.39, 0.29) is 0 Å². The molecule has 2 aromatic heterocycles. The minimum absolute atomic E-state index is 0.550. The Balaban J connectivity index is 1.63. The van der Waals surface area contributed by atoms with Crippen LogP contribution in [0.15, 0.2) is 22.9 Å². The van der Waals surface area contributed by atoms with Gasteiger partial charge >= 0.3 is 0 Å². The van der Waals surface area contributed by atoms with E-state index in [4.69, 9.17) is 4.52 Å². The molecule has 2 atom stereocenters. The molecule has 2 aromatic rings. The molecular formula is C18H25N3O. The van der Waals surface area contributed by atoms with Crippen LogP contribution in [0.4, 0.5) is 0 Å². The molecule has 0 saturated heterocycles. The van der Waals surface area contributed by atoms with Gasteiger partial charge in [-0.15, -0.1) is 0 Å². The maximum absolute atomic E-state index is 5.24. The fraction of sp³-hybridized carbons (Fsp3) is 0.556. The summed E-state index contributed by atoms with van der Waals surface area (Å²) < 4.78 is 5.24. The van der Waals surface area contributed by atoms with E-state index in [1.54, 1.807) is 0 Å². The van der Waals surface area contributed by atoms with E-state index >= 15 is 0 Å². The molecule has 22 heavy (non-hydrogen) atoms. The third-order valence-electron chi connectivity index (χ3n) is 4.86. The van der Waals surface area contributed by atoms with Crippen molar-refractivity contribution < 1.29 is 4.52 Å². The Labute approximate surface area is 132 Å². The van der Waals surface area contributed by atoms with Gasteiger partial charge in [0, 0.05) is 36.0 Å². The van der Waals surface area contributed by atoms with Crippen LogP contribution in [0.1, 0.15) is 59.9 Å². The van der Waals surface area contributed by atoms with E-state index in [1.165, 1.54) is 42.5 Å². The molecule has 0 amide bonds. The summed E-state index contributed by atoms with van der Waals surface area (Å²) in [7, 11) is 0. The van der Waals surface area contributed by atoms with Crippen LogP contribution < -0.4 is 5.32 Å². The molecule has 0 spiro atoms. The van der Waals surface area contributed by atoms with Gasteiger partial charge in [0.05, 0.1) is 5.69 Å². The zero-order valence-corrected chi connectivity index (χ0v) is 13.7. The van der Waals surface area contributed by atoms with Crippen LogP contribution in [0, 0.1) is 20.8 Å². The van der Waals surface area contributed by atoms with E-state index in [0.717, 1.165) is 18.0 Å². The second kappa shape index (κ2) is 6.61. The summed E-state index contributed by atoms with van der Waals surface area (Å²) >= 11 is 0. The summed E-state index contributed by atoms with van der Waals surface area (Å²) in [5.74, 6) is 1.51. The molecule has 3 rings (SSSR count). The van der Waals surface area contributed by atoms with Crippen molar-refractivity contribution in [2.75, 3.05) is 0 Å². The normalized spacial score (nSPS) is 22.0. The quantitative estimate of drug-likeness (QED) is 0.932. The zero-order chi connectivity index (χ0) is 15.5. The van der Waals surface area contributed by atoms with E-state index in [1.807, 2.05) is 26.1 Å². The molecule has 1 saturated carbocycles. The first-order chi connectivity index (χ1) is 10.6. The smallest absolute Gasteiger partial charge is 0.138 e. The highest BCUT2D eigenvalue weighted by molar-refractivity contribution is 5.23. The Morgan fingerprint density at radius 3 is 2.86 bits per heavy atom. The topological polar surface area (TPSA) is 51.0 Å². The van der Waals surface area contributed by atoms with Crippen LogP contribution in [-0.4, -0.2) is 16.2 Å². The van der Waals surface area contributed by atoms with Gasteiger partial charge in [-0.25, -0.2) is 0 Å². The Bertz CT molecular complexity index is 616. The molecule has 0 bridgehead atoms. The molecule has 1 fully saturated rings. The molecule has 2 heterocycles. The number of hydrogen-bond acceptors (Lipinski definition) is 4. The van der Waals surface area contributed by atoms with Gasteiger partial charge in [-0.3, -0.25) is 4.98 Å². The highest BCUT2D eigenvalue weighted by Crippen LogP contribution is 2.33. The molecule has 4 nitrogen and oxygen atoms in total. The highest BCUT2D eigenvalue weighted by atomic mass is 16.5. The van der Waals surface area contributed by atoms with Gasteiger partial charge in [0.25, 0.3) is 0 Å². The Morgan fingerprint density at radius 2 is 2.14 bits per heavy atom. The Hall–Kier alpha value is -1.68. The fourth-order valence-corrected chi connectivity index (χ4v) is 3.55. The molecule has 2 unspecified atom stereocenters. The van der Waals surface area contributed by atoms with Crippen molar-refractivity contribution in [3.8, 4) is 0 Å². The van der Waals surface area contributed by atoms with Crippen LogP contribution in [0.25, 0.3) is 0 Å². The standard InChI is InChI=1S/C18H25N3O/c1-12-6-5-9-19-18(12)15-7-4-8-16(10-15)20-11-17-13(2)21-22-14(17)3/h5-6,9,15-16,20H,4,7-8,10-11H2,1-3H3. The van der Waals surface area contributed by atoms with Gasteiger partial charge < -0.3 is 9.84 Å². The van der Waals surface area contributed by atoms with Crippen LogP contribution in [0.3, 0.4) is 0 Å². The second-order valence-corrected chi connectivity index (χ2v) is 6.45. The highest BCUT2D eigenvalue weighted by Gasteiger charge is 2.25. The van der Waals surface area contributed by atoms with Crippen LogP contribution in [-0.2, 0) is 6.54 Å². The lowest BCUT2D eigenvalue weighted by Gasteiger charge is -2.30. The van der Waals surface area contributed by atoms with Gasteiger partial charge in [0.15, 0.2) is 0 Å². The second-order valence-electron chi connectivity index (χ2n) is 6.45. The predicted molar refractivity (Wildman–Crippen MR) is 86.8 cm³/mol. The monoisotopic (exact) mass is 299 g/mol. The summed E-state index contributed by atoms with van der Waals surface area (Å²) in [6.45, 7) is 7.01. The van der Waals surface area contributed by atoms with E-state index in [0.29, 0.717) is 12.0 Å². The van der Waals surface area contributed by atoms with Crippen molar-refractivity contribution >= 4 is 0 Å². The largest absolute Gasteiger partial charge is 0.361 e. The van der Waals surface area contributed by atoms with Gasteiger partial charge in [-0.05, 0) is 51.7 Å². The zero-order valence-electron chi connectivity index (χ0n) is 13.7. The first-order valence-corrected chi connectivity index (χ1v) is 8.21. The molecule has 1 N–H and O–H groups in total. The van der Waals surface area contributed by atoms with E-state index < -0.39 is 0 Å². The summed E-state index contributed by atoms with van der Waals surface area (Å²) in [6, 6.07) is 4.74. The average molecular weight is 299 g/mol. The number of rotatable bonds is 4. The van der Waals surface area contributed by atoms with E-state index in [2.05, 4.69) is 28.4 Å². The minimum atomic E-state index is 0.550. The molecule has 1 aliphatic rings. The lowest BCUT2D eigenvalue weighted by Crippen LogP contribution is -2.33. The van der Waals surface area contributed by atoms with Crippen LogP contribution in [0.5, 0.6) is 0 Å². The van der Waals surface area contributed by atoms with Gasteiger partial charge in [0.2, 0.25) is 0 Å². The third-order valence-corrected chi connectivity index (χ3v) is 4.86. The molecule has 0 aliphatic heterocycles. The van der Waals surface area contributed by atoms with Gasteiger partial charge in [-0.2, -0.15) is 0 Å². The van der Waals surface area contributed by atoms with Gasteiger partial charge in [-0.1, -0.05) is 17.6 Å². The number of nitrogens with one attached hydrogen (secondary N) is 1. The number of pyridine rings is 1. The van der Waals surface area contributed by atoms with Crippen molar-refractivity contribution in [3.05, 3.63) is 46.6 Å². The molecule has 0 aromatic carbocycles. The molecule has 118 valence electrons. The third kappa shape index (κ3) is 3.22. The summed E-state index contributed by atoms with van der Waals surface area (Å²) in [5.41, 5.74) is 4.80. The van der Waals surface area contributed by atoms with Crippen LogP contribution in [0.2, 0.25) is 0 Å². The maximum Gasteiger partial charge on any atom is 0.138 e. The number of nitrogens with zero attached hydrogens (tertiary/aromatic N) is 2. The van der Waals surface area contributed by atoms with E-state index in [9.17, 15) is 0 Å². The SMILES string of the molecule is Cc1cccnc1C1CCCC(NCc2c(C)noc2C)C1. The predicted octanol–water partition coefficient (Wildman–Crippen LogP) is 3.81. The molecule has 1 aliphatic carbocycles. The first kappa shape index (κ1) is 15.2. The van der Waals surface area contributed by atoms with Crippen molar-refractivity contribution in [2.24, 2.45) is 0 Å². The number of aromatic nitrogens is 2. The Morgan fingerprint density at radius 1 is 1.27 bits per heavy atom. The number of aryl methyl sites for hydroxylation is 3. The number of hydrogen-bond donors (Lipinski definition) is 1. The average Bonchev–Trinajstić information content (AvgIpc) is 2.85. The first-order valence-electron chi connectivity index (χ1n) is 8.21. The van der Waals surface area contributed by atoms with Gasteiger partial charge in [0.1, 0.15) is 5.76 Å².